The predicted octanol–water partition coefficient (Wildman–Crippen LogP) is -0.867. The van der Waals surface area contributed by atoms with Crippen molar-refractivity contribution in [3.8, 4) is 0 Å². The molecular weight excluding hydrogens is 208 g/mol. The fourth-order valence-corrected chi connectivity index (χ4v) is 1.67. The number of hydrogen-bond acceptors (Lipinski definition) is 6. The van der Waals surface area contributed by atoms with Crippen molar-refractivity contribution in [2.45, 2.75) is 12.6 Å². The van der Waals surface area contributed by atoms with Crippen molar-refractivity contribution in [2.24, 2.45) is 5.73 Å². The van der Waals surface area contributed by atoms with Crippen LogP contribution in [-0.4, -0.2) is 47.5 Å². The van der Waals surface area contributed by atoms with Gasteiger partial charge in [0.15, 0.2) is 0 Å². The highest BCUT2D eigenvalue weighted by atomic mass is 16.5. The van der Waals surface area contributed by atoms with Crippen LogP contribution >= 0.6 is 0 Å². The first-order chi connectivity index (χ1) is 7.85. The van der Waals surface area contributed by atoms with E-state index in [1.54, 1.807) is 12.4 Å². The Bertz CT molecular complexity index is 330. The zero-order chi connectivity index (χ0) is 11.4. The van der Waals surface area contributed by atoms with E-state index in [9.17, 15) is 5.11 Å². The van der Waals surface area contributed by atoms with Crippen molar-refractivity contribution in [3.63, 3.8) is 0 Å². The molecule has 6 heteroatoms. The minimum Gasteiger partial charge on any atom is -0.394 e. The number of anilines is 1. The van der Waals surface area contributed by atoms with Gasteiger partial charge in [-0.05, 0) is 0 Å². The molecule has 0 bridgehead atoms. The van der Waals surface area contributed by atoms with Crippen molar-refractivity contribution in [3.05, 3.63) is 18.0 Å². The largest absolute Gasteiger partial charge is 0.394 e. The van der Waals surface area contributed by atoms with Crippen molar-refractivity contribution in [1.82, 2.24) is 9.97 Å². The van der Waals surface area contributed by atoms with Gasteiger partial charge in [0.25, 0.3) is 0 Å². The molecule has 0 amide bonds. The number of ether oxygens (including phenoxy) is 1. The Hall–Kier alpha value is -1.24. The van der Waals surface area contributed by atoms with E-state index >= 15 is 0 Å². The number of aliphatic hydroxyl groups excluding tert-OH is 1. The van der Waals surface area contributed by atoms with Crippen molar-refractivity contribution >= 4 is 5.95 Å². The molecule has 0 radical (unpaired) electrons. The van der Waals surface area contributed by atoms with Gasteiger partial charge in [0, 0.05) is 31.0 Å². The van der Waals surface area contributed by atoms with Gasteiger partial charge in [0.05, 0.1) is 25.9 Å². The molecular formula is C10H16N4O2. The molecule has 3 N–H and O–H groups in total. The topological polar surface area (TPSA) is 84.5 Å². The van der Waals surface area contributed by atoms with Crippen LogP contribution in [0.4, 0.5) is 5.95 Å². The standard InChI is InChI=1S/C10H16N4O2/c11-3-8-4-12-10(13-5-8)14-1-2-16-7-9(14)6-15/h4-5,9,15H,1-3,6-7,11H2. The molecule has 2 rings (SSSR count). The third kappa shape index (κ3) is 2.29. The summed E-state index contributed by atoms with van der Waals surface area (Å²) in [6.45, 7) is 2.33. The normalized spacial score (nSPS) is 21.1. The van der Waals surface area contributed by atoms with Gasteiger partial charge in [-0.25, -0.2) is 9.97 Å². The number of morpholine rings is 1. The van der Waals surface area contributed by atoms with Crippen LogP contribution in [0.15, 0.2) is 12.4 Å². The van der Waals surface area contributed by atoms with Crippen LogP contribution in [-0.2, 0) is 11.3 Å². The van der Waals surface area contributed by atoms with E-state index in [2.05, 4.69) is 9.97 Å². The quantitative estimate of drug-likeness (QED) is 0.694. The molecule has 0 saturated carbocycles. The summed E-state index contributed by atoms with van der Waals surface area (Å²) in [7, 11) is 0. The fourth-order valence-electron chi connectivity index (χ4n) is 1.67. The lowest BCUT2D eigenvalue weighted by Crippen LogP contribution is -2.48. The van der Waals surface area contributed by atoms with Gasteiger partial charge in [0.1, 0.15) is 0 Å². The molecule has 0 aromatic carbocycles. The number of rotatable bonds is 3. The van der Waals surface area contributed by atoms with Crippen LogP contribution in [0.2, 0.25) is 0 Å². The Kier molecular flexibility index (Phi) is 3.66. The smallest absolute Gasteiger partial charge is 0.225 e. The second-order valence-electron chi connectivity index (χ2n) is 3.70. The second-order valence-corrected chi connectivity index (χ2v) is 3.70. The maximum atomic E-state index is 9.23. The van der Waals surface area contributed by atoms with Crippen LogP contribution in [0.1, 0.15) is 5.56 Å². The maximum Gasteiger partial charge on any atom is 0.225 e. The molecule has 1 fully saturated rings. The zero-order valence-corrected chi connectivity index (χ0v) is 9.04. The van der Waals surface area contributed by atoms with Gasteiger partial charge in [0.2, 0.25) is 5.95 Å². The summed E-state index contributed by atoms with van der Waals surface area (Å²) in [4.78, 5) is 10.4. The van der Waals surface area contributed by atoms with Gasteiger partial charge in [-0.2, -0.15) is 0 Å². The Balaban J connectivity index is 2.14. The third-order valence-corrected chi connectivity index (χ3v) is 2.62. The van der Waals surface area contributed by atoms with E-state index in [1.807, 2.05) is 4.90 Å². The molecule has 1 saturated heterocycles. The summed E-state index contributed by atoms with van der Waals surface area (Å²) in [6, 6.07) is -0.0579. The molecule has 2 heterocycles. The number of aliphatic hydroxyl groups is 1. The third-order valence-electron chi connectivity index (χ3n) is 2.62. The Morgan fingerprint density at radius 2 is 2.25 bits per heavy atom. The van der Waals surface area contributed by atoms with Crippen LogP contribution in [0.5, 0.6) is 0 Å². The summed E-state index contributed by atoms with van der Waals surface area (Å²) >= 11 is 0. The average molecular weight is 224 g/mol. The molecule has 6 nitrogen and oxygen atoms in total. The van der Waals surface area contributed by atoms with Crippen LogP contribution in [0.25, 0.3) is 0 Å². The lowest BCUT2D eigenvalue weighted by atomic mass is 10.2. The first-order valence-electron chi connectivity index (χ1n) is 5.31. The molecule has 0 spiro atoms. The van der Waals surface area contributed by atoms with Gasteiger partial charge < -0.3 is 20.5 Å². The highest BCUT2D eigenvalue weighted by Gasteiger charge is 2.24. The Labute approximate surface area is 94.1 Å². The number of aromatic nitrogens is 2. The molecule has 1 aliphatic heterocycles. The molecule has 0 aliphatic carbocycles. The highest BCUT2D eigenvalue weighted by molar-refractivity contribution is 5.32. The van der Waals surface area contributed by atoms with Gasteiger partial charge in [-0.1, -0.05) is 0 Å². The second kappa shape index (κ2) is 5.20. The first-order valence-corrected chi connectivity index (χ1v) is 5.31. The highest BCUT2D eigenvalue weighted by Crippen LogP contribution is 2.14. The van der Waals surface area contributed by atoms with E-state index in [-0.39, 0.29) is 12.6 Å². The summed E-state index contributed by atoms with van der Waals surface area (Å²) in [5.41, 5.74) is 6.38. The zero-order valence-electron chi connectivity index (χ0n) is 9.04. The predicted molar refractivity (Wildman–Crippen MR) is 59.0 cm³/mol. The van der Waals surface area contributed by atoms with Gasteiger partial charge in [-0.15, -0.1) is 0 Å². The summed E-state index contributed by atoms with van der Waals surface area (Å²) in [5.74, 6) is 0.625. The fraction of sp³-hybridized carbons (Fsp3) is 0.600. The average Bonchev–Trinajstić information content (AvgIpc) is 2.39. The van der Waals surface area contributed by atoms with E-state index in [0.29, 0.717) is 32.3 Å². The van der Waals surface area contributed by atoms with E-state index in [1.165, 1.54) is 0 Å². The van der Waals surface area contributed by atoms with Crippen molar-refractivity contribution < 1.29 is 9.84 Å². The molecule has 1 aliphatic rings. The molecule has 1 aromatic rings. The van der Waals surface area contributed by atoms with Gasteiger partial charge >= 0.3 is 0 Å². The molecule has 88 valence electrons. The molecule has 16 heavy (non-hydrogen) atoms. The van der Waals surface area contributed by atoms with Crippen LogP contribution in [0, 0.1) is 0 Å². The number of nitrogens with two attached hydrogens (primary N) is 1. The van der Waals surface area contributed by atoms with Gasteiger partial charge in [-0.3, -0.25) is 0 Å². The number of hydrogen-bond donors (Lipinski definition) is 2. The SMILES string of the molecule is NCc1cnc(N2CCOCC2CO)nc1. The summed E-state index contributed by atoms with van der Waals surface area (Å²) in [5, 5.41) is 9.23. The van der Waals surface area contributed by atoms with E-state index < -0.39 is 0 Å². The molecule has 1 unspecified atom stereocenters. The molecule has 1 aromatic heterocycles. The monoisotopic (exact) mass is 224 g/mol. The minimum atomic E-state index is -0.0579. The van der Waals surface area contributed by atoms with Crippen molar-refractivity contribution in [2.75, 3.05) is 31.3 Å². The lowest BCUT2D eigenvalue weighted by Gasteiger charge is -2.34. The molecule has 1 atom stereocenters. The number of nitrogens with zero attached hydrogens (tertiary/aromatic N) is 3. The van der Waals surface area contributed by atoms with Crippen LogP contribution < -0.4 is 10.6 Å². The Morgan fingerprint density at radius 1 is 1.50 bits per heavy atom. The van der Waals surface area contributed by atoms with E-state index in [0.717, 1.165) is 5.56 Å². The maximum absolute atomic E-state index is 9.23. The minimum absolute atomic E-state index is 0.0437. The van der Waals surface area contributed by atoms with Crippen LogP contribution in [0.3, 0.4) is 0 Å². The van der Waals surface area contributed by atoms with E-state index in [4.69, 9.17) is 10.5 Å². The summed E-state index contributed by atoms with van der Waals surface area (Å²) < 4.78 is 5.29. The summed E-state index contributed by atoms with van der Waals surface area (Å²) in [6.07, 6.45) is 3.43. The first kappa shape index (κ1) is 11.3. The lowest BCUT2D eigenvalue weighted by molar-refractivity contribution is 0.0718. The van der Waals surface area contributed by atoms with Crippen molar-refractivity contribution in [1.29, 1.82) is 0 Å². The Morgan fingerprint density at radius 3 is 2.88 bits per heavy atom.